The Kier molecular flexibility index (Phi) is 18.0. The minimum atomic E-state index is 0.505. The summed E-state index contributed by atoms with van der Waals surface area (Å²) in [7, 11) is 0. The van der Waals surface area contributed by atoms with E-state index in [1.165, 1.54) is 0 Å². The maximum absolute atomic E-state index is 7.64. The standard InChI is InChI=1S/2C49H29N7O/c1-50-37-21-11-20-36(30-37)31-26-28-35(29-27-31)47-52-44(32-14-5-2-6-15-32)53-48(54-47)39-23-13-25-41-42(39)38-22-12-24-40(43(38)57-41)49-55-45(33-16-7-3-8-17-33)51-46(56-49)34-18-9-4-10-19-34;1-50-40-25-12-11-21-36(40)31-27-29-35(30-28-31)47-52-44(32-15-5-2-6-16-32)53-48(54-47)38-23-14-26-41-42(38)37-22-13-24-39(43(37)57-41)49-55-45(33-17-7-3-8-18-33)51-46(56-49)34-19-9-4-10-20-34/h2*2-30H. The molecule has 20 rings (SSSR count). The van der Waals surface area contributed by atoms with Crippen molar-refractivity contribution in [3.05, 3.63) is 375 Å². The van der Waals surface area contributed by atoms with Gasteiger partial charge in [0.1, 0.15) is 22.3 Å². The predicted molar refractivity (Wildman–Crippen MR) is 450 cm³/mol. The molecule has 0 saturated carbocycles. The van der Waals surface area contributed by atoms with Gasteiger partial charge >= 0.3 is 0 Å². The summed E-state index contributed by atoms with van der Waals surface area (Å²) in [6, 6.07) is 115. The third-order valence-corrected chi connectivity index (χ3v) is 19.7. The second-order valence-corrected chi connectivity index (χ2v) is 26.8. The number of hydrogen-bond acceptors (Lipinski definition) is 14. The zero-order valence-corrected chi connectivity index (χ0v) is 60.6. The Hall–Kier alpha value is -16.3. The molecule has 0 aliphatic heterocycles. The van der Waals surface area contributed by atoms with Gasteiger partial charge in [0.15, 0.2) is 81.3 Å². The molecule has 6 heterocycles. The molecular weight excluding hydrogens is 1410 g/mol. The molecule has 6 aromatic heterocycles. The average molecular weight is 1460 g/mol. The zero-order chi connectivity index (χ0) is 76.3. The summed E-state index contributed by atoms with van der Waals surface area (Å²) in [4.78, 5) is 67.3. The first-order chi connectivity index (χ1) is 56.4. The van der Waals surface area contributed by atoms with Gasteiger partial charge in [0.25, 0.3) is 0 Å². The molecule has 0 saturated heterocycles. The molecule has 14 aromatic carbocycles. The van der Waals surface area contributed by atoms with Gasteiger partial charge in [-0.1, -0.05) is 322 Å². The number of aromatic nitrogens is 12. The molecule has 532 valence electrons. The summed E-state index contributed by atoms with van der Waals surface area (Å²) in [6.45, 7) is 15.1. The summed E-state index contributed by atoms with van der Waals surface area (Å²) in [6.07, 6.45) is 0. The van der Waals surface area contributed by atoms with Crippen LogP contribution in [0.2, 0.25) is 0 Å². The van der Waals surface area contributed by atoms with Crippen molar-refractivity contribution in [2.45, 2.75) is 0 Å². The molecule has 16 heteroatoms. The summed E-state index contributed by atoms with van der Waals surface area (Å²) < 4.78 is 13.4. The van der Waals surface area contributed by atoms with E-state index in [0.29, 0.717) is 104 Å². The van der Waals surface area contributed by atoms with E-state index in [4.69, 9.17) is 81.8 Å². The third kappa shape index (κ3) is 13.4. The van der Waals surface area contributed by atoms with Crippen molar-refractivity contribution >= 4 is 55.3 Å². The fourth-order valence-electron chi connectivity index (χ4n) is 14.1. The van der Waals surface area contributed by atoms with Crippen LogP contribution in [0.25, 0.3) is 212 Å². The van der Waals surface area contributed by atoms with Crippen molar-refractivity contribution in [2.24, 2.45) is 0 Å². The second kappa shape index (κ2) is 30.0. The van der Waals surface area contributed by atoms with Crippen LogP contribution in [0.5, 0.6) is 0 Å². The van der Waals surface area contributed by atoms with Gasteiger partial charge in [0.05, 0.1) is 24.3 Å². The highest BCUT2D eigenvalue weighted by atomic mass is 16.3. The monoisotopic (exact) mass is 1460 g/mol. The number of fused-ring (bicyclic) bond motifs is 6. The lowest BCUT2D eigenvalue weighted by Crippen LogP contribution is -2.00. The van der Waals surface area contributed by atoms with E-state index in [1.54, 1.807) is 0 Å². The molecule has 0 unspecified atom stereocenters. The lowest BCUT2D eigenvalue weighted by molar-refractivity contribution is 0.669. The van der Waals surface area contributed by atoms with Gasteiger partial charge < -0.3 is 8.83 Å². The average Bonchev–Trinajstić information content (AvgIpc) is 1.59. The largest absolute Gasteiger partial charge is 0.455 e. The van der Waals surface area contributed by atoms with Crippen molar-refractivity contribution in [3.63, 3.8) is 0 Å². The molecule has 0 fully saturated rings. The van der Waals surface area contributed by atoms with Crippen LogP contribution in [0.4, 0.5) is 11.4 Å². The van der Waals surface area contributed by atoms with Gasteiger partial charge in [-0.3, -0.25) is 0 Å². The fourth-order valence-corrected chi connectivity index (χ4v) is 14.1. The Morgan fingerprint density at radius 2 is 0.456 bits per heavy atom. The summed E-state index contributed by atoms with van der Waals surface area (Å²) in [5.74, 6) is 6.51. The van der Waals surface area contributed by atoms with Crippen molar-refractivity contribution in [1.29, 1.82) is 0 Å². The molecule has 20 aromatic rings. The van der Waals surface area contributed by atoms with E-state index in [0.717, 1.165) is 111 Å². The van der Waals surface area contributed by atoms with Crippen molar-refractivity contribution in [3.8, 4) is 159 Å². The Balaban J connectivity index is 0.000000153. The number of nitrogens with zero attached hydrogens (tertiary/aromatic N) is 14. The van der Waals surface area contributed by atoms with E-state index >= 15 is 0 Å². The molecule has 16 nitrogen and oxygen atoms in total. The van der Waals surface area contributed by atoms with Gasteiger partial charge in [-0.2, -0.15) is 0 Å². The SMILES string of the molecule is [C-]#[N+]c1cccc(-c2ccc(-c3nc(-c4ccccc4)nc(-c4cccc5oc6c(-c7nc(-c8ccccc8)nc(-c8ccccc8)n7)cccc6c45)n3)cc2)c1.[C-]#[N+]c1ccccc1-c1ccc(-c2nc(-c3ccccc3)nc(-c3cccc4oc5c(-c6nc(-c7ccccc7)nc(-c7ccccc7)n6)cccc5c34)n2)cc1. The smallest absolute Gasteiger partial charge is 0.194 e. The molecule has 0 aliphatic carbocycles. The molecule has 0 atom stereocenters. The van der Waals surface area contributed by atoms with E-state index < -0.39 is 0 Å². The topological polar surface area (TPSA) is 190 Å². The summed E-state index contributed by atoms with van der Waals surface area (Å²) >= 11 is 0. The third-order valence-electron chi connectivity index (χ3n) is 19.7. The predicted octanol–water partition coefficient (Wildman–Crippen LogP) is 24.4. The highest BCUT2D eigenvalue weighted by Gasteiger charge is 2.25. The van der Waals surface area contributed by atoms with E-state index in [-0.39, 0.29) is 0 Å². The van der Waals surface area contributed by atoms with Gasteiger partial charge in [0, 0.05) is 77.2 Å². The Bertz CT molecular complexity index is 6980. The lowest BCUT2D eigenvalue weighted by Gasteiger charge is -2.10. The first-order valence-corrected chi connectivity index (χ1v) is 36.8. The van der Waals surface area contributed by atoms with Gasteiger partial charge in [-0.25, -0.2) is 69.5 Å². The minimum Gasteiger partial charge on any atom is -0.455 e. The maximum Gasteiger partial charge on any atom is 0.194 e. The number of rotatable bonds is 14. The van der Waals surface area contributed by atoms with Gasteiger partial charge in [0.2, 0.25) is 0 Å². The molecule has 0 amide bonds. The van der Waals surface area contributed by atoms with Gasteiger partial charge in [-0.15, -0.1) is 0 Å². The molecular formula is C98H58N14O2. The summed E-state index contributed by atoms with van der Waals surface area (Å²) in [5, 5.41) is 3.51. The van der Waals surface area contributed by atoms with Crippen molar-refractivity contribution < 1.29 is 8.83 Å². The molecule has 114 heavy (non-hydrogen) atoms. The summed E-state index contributed by atoms with van der Waals surface area (Å²) in [5.41, 5.74) is 17.7. The van der Waals surface area contributed by atoms with Crippen LogP contribution >= 0.6 is 0 Å². The first-order valence-electron chi connectivity index (χ1n) is 36.8. The van der Waals surface area contributed by atoms with Crippen LogP contribution in [0, 0.1) is 13.1 Å². The van der Waals surface area contributed by atoms with E-state index in [9.17, 15) is 0 Å². The Morgan fingerprint density at radius 3 is 0.807 bits per heavy atom. The van der Waals surface area contributed by atoms with Crippen LogP contribution in [-0.2, 0) is 0 Å². The maximum atomic E-state index is 7.64. The van der Waals surface area contributed by atoms with E-state index in [2.05, 4.69) is 9.69 Å². The van der Waals surface area contributed by atoms with Crippen LogP contribution in [0.3, 0.4) is 0 Å². The second-order valence-electron chi connectivity index (χ2n) is 26.8. The highest BCUT2D eigenvalue weighted by Crippen LogP contribution is 2.44. The molecule has 0 radical (unpaired) electrons. The van der Waals surface area contributed by atoms with Crippen LogP contribution < -0.4 is 0 Å². The molecule has 0 N–H and O–H groups in total. The van der Waals surface area contributed by atoms with Crippen LogP contribution in [-0.4, -0.2) is 59.8 Å². The normalized spacial score (nSPS) is 11.1. The number of furan rings is 2. The lowest BCUT2D eigenvalue weighted by atomic mass is 10.0. The Morgan fingerprint density at radius 1 is 0.193 bits per heavy atom. The van der Waals surface area contributed by atoms with Crippen LogP contribution in [0.15, 0.2) is 361 Å². The van der Waals surface area contributed by atoms with E-state index in [1.807, 2.05) is 352 Å². The van der Waals surface area contributed by atoms with Crippen LogP contribution in [0.1, 0.15) is 0 Å². The van der Waals surface area contributed by atoms with Gasteiger partial charge in [-0.05, 0) is 52.6 Å². The van der Waals surface area contributed by atoms with Crippen molar-refractivity contribution in [2.75, 3.05) is 0 Å². The minimum absolute atomic E-state index is 0.505. The first kappa shape index (κ1) is 68.2. The zero-order valence-electron chi connectivity index (χ0n) is 60.6. The molecule has 0 aliphatic rings. The Labute approximate surface area is 653 Å². The fraction of sp³-hybridized carbons (Fsp3) is 0. The number of hydrogen-bond donors (Lipinski definition) is 0. The molecule has 0 spiro atoms. The quantitative estimate of drug-likeness (QED) is 0.0935. The number of benzene rings is 14. The number of para-hydroxylation sites is 3. The van der Waals surface area contributed by atoms with Crippen molar-refractivity contribution in [1.82, 2.24) is 59.8 Å². The highest BCUT2D eigenvalue weighted by molar-refractivity contribution is 6.16. The molecule has 0 bridgehead atoms.